The van der Waals surface area contributed by atoms with Gasteiger partial charge in [-0.25, -0.2) is 9.97 Å². The molecule has 5 heterocycles. The minimum Gasteiger partial charge on any atom is -0.309 e. The first-order chi connectivity index (χ1) is 30.3. The molecule has 284 valence electrons. The first-order valence-electron chi connectivity index (χ1n) is 20.5. The maximum absolute atomic E-state index is 5.47. The summed E-state index contributed by atoms with van der Waals surface area (Å²) in [5.74, 6) is 1.54. The van der Waals surface area contributed by atoms with E-state index >= 15 is 0 Å². The van der Waals surface area contributed by atoms with Crippen LogP contribution in [0.5, 0.6) is 0 Å². The van der Waals surface area contributed by atoms with E-state index in [0.29, 0.717) is 5.82 Å². The lowest BCUT2D eigenvalue weighted by Gasteiger charge is -2.13. The van der Waals surface area contributed by atoms with Crippen LogP contribution >= 0.6 is 11.3 Å². The van der Waals surface area contributed by atoms with Gasteiger partial charge < -0.3 is 4.57 Å². The Kier molecular flexibility index (Phi) is 7.41. The van der Waals surface area contributed by atoms with Gasteiger partial charge in [0.1, 0.15) is 0 Å². The molecule has 0 saturated carbocycles. The van der Waals surface area contributed by atoms with Crippen LogP contribution in [-0.2, 0) is 0 Å². The van der Waals surface area contributed by atoms with Gasteiger partial charge in [-0.1, -0.05) is 140 Å². The lowest BCUT2D eigenvalue weighted by molar-refractivity contribution is 1.08. The summed E-state index contributed by atoms with van der Waals surface area (Å²) < 4.78 is 5.88. The summed E-state index contributed by atoms with van der Waals surface area (Å²) in [6.45, 7) is 0. The average molecular weight is 796 g/mol. The smallest absolute Gasteiger partial charge is 0.162 e. The Labute approximate surface area is 354 Å². The van der Waals surface area contributed by atoms with Crippen LogP contribution in [0.1, 0.15) is 0 Å². The van der Waals surface area contributed by atoms with E-state index in [1.165, 1.54) is 59.7 Å². The van der Waals surface area contributed by atoms with Crippen molar-refractivity contribution in [2.45, 2.75) is 0 Å². The van der Waals surface area contributed by atoms with Gasteiger partial charge in [0.05, 0.1) is 32.3 Å². The first-order valence-corrected chi connectivity index (χ1v) is 21.3. The Balaban J connectivity index is 1.13. The summed E-state index contributed by atoms with van der Waals surface area (Å²) in [5.41, 5.74) is 11.1. The summed E-state index contributed by atoms with van der Waals surface area (Å²) in [6, 6.07) is 67.8. The van der Waals surface area contributed by atoms with Crippen LogP contribution in [-0.4, -0.2) is 24.1 Å². The van der Waals surface area contributed by atoms with E-state index in [0.717, 1.165) is 54.3 Å². The minimum atomic E-state index is 0.669. The lowest BCUT2D eigenvalue weighted by Crippen LogP contribution is -2.01. The van der Waals surface area contributed by atoms with E-state index in [2.05, 4.69) is 190 Å². The third-order valence-electron chi connectivity index (χ3n) is 12.2. The third-order valence-corrected chi connectivity index (χ3v) is 13.4. The van der Waals surface area contributed by atoms with Gasteiger partial charge in [0.2, 0.25) is 0 Å². The highest BCUT2D eigenvalue weighted by Gasteiger charge is 2.23. The zero-order valence-corrected chi connectivity index (χ0v) is 33.5. The fraction of sp³-hybridized carbons (Fsp3) is 0. The van der Waals surface area contributed by atoms with E-state index in [-0.39, 0.29) is 0 Å². The zero-order chi connectivity index (χ0) is 40.0. The molecule has 0 bridgehead atoms. The number of fused-ring (bicyclic) bond motifs is 11. The van der Waals surface area contributed by atoms with Crippen LogP contribution in [0.2, 0.25) is 0 Å². The maximum Gasteiger partial charge on any atom is 0.162 e. The monoisotopic (exact) mass is 795 g/mol. The van der Waals surface area contributed by atoms with Gasteiger partial charge in [0, 0.05) is 61.0 Å². The standard InChI is InChI=1S/C55H33N5S/c1-3-14-36(15-4-1)49-33-46-53(61-49)55(58-54(57-46)37-28-30-56-31-29-37)60-47-26-24-38(32-45(47)43-25-22-35-13-8-10-19-41(35)51(43)60)42-20-11-21-44-50-40-18-9-7-12-34(40)23-27-48(50)59(52(42)44)39-16-5-2-6-17-39/h1-33H. The number of para-hydroxylation sites is 2. The zero-order valence-electron chi connectivity index (χ0n) is 32.7. The second kappa shape index (κ2) is 13.3. The van der Waals surface area contributed by atoms with Crippen LogP contribution in [0.25, 0.3) is 120 Å². The van der Waals surface area contributed by atoms with Gasteiger partial charge in [-0.15, -0.1) is 11.3 Å². The van der Waals surface area contributed by atoms with Crippen molar-refractivity contribution in [1.82, 2.24) is 24.1 Å². The van der Waals surface area contributed by atoms with Gasteiger partial charge in [-0.05, 0) is 75.8 Å². The summed E-state index contributed by atoms with van der Waals surface area (Å²) in [4.78, 5) is 16.1. The predicted molar refractivity (Wildman–Crippen MR) is 255 cm³/mol. The van der Waals surface area contributed by atoms with Crippen molar-refractivity contribution >= 4 is 86.7 Å². The van der Waals surface area contributed by atoms with E-state index in [1.54, 1.807) is 23.7 Å². The fourth-order valence-electron chi connectivity index (χ4n) is 9.52. The number of hydrogen-bond donors (Lipinski definition) is 0. The molecule has 0 atom stereocenters. The Bertz CT molecular complexity index is 3860. The Morgan fingerprint density at radius 3 is 1.97 bits per heavy atom. The highest BCUT2D eigenvalue weighted by Crippen LogP contribution is 2.45. The van der Waals surface area contributed by atoms with Crippen molar-refractivity contribution in [3.8, 4) is 44.5 Å². The number of rotatable bonds is 5. The maximum atomic E-state index is 5.47. The number of thiophene rings is 1. The molecule has 0 aliphatic rings. The van der Waals surface area contributed by atoms with E-state index in [9.17, 15) is 0 Å². The number of hydrogen-bond acceptors (Lipinski definition) is 4. The molecule has 6 heteroatoms. The van der Waals surface area contributed by atoms with E-state index < -0.39 is 0 Å². The van der Waals surface area contributed by atoms with Crippen LogP contribution in [0.3, 0.4) is 0 Å². The second-order valence-electron chi connectivity index (χ2n) is 15.6. The molecule has 5 aromatic heterocycles. The second-order valence-corrected chi connectivity index (χ2v) is 16.7. The molecule has 0 N–H and O–H groups in total. The molecule has 0 aliphatic heterocycles. The molecule has 0 amide bonds. The molecule has 0 radical (unpaired) electrons. The molecule has 61 heavy (non-hydrogen) atoms. The molecular weight excluding hydrogens is 763 g/mol. The van der Waals surface area contributed by atoms with Crippen molar-refractivity contribution in [1.29, 1.82) is 0 Å². The summed E-state index contributed by atoms with van der Waals surface area (Å²) >= 11 is 1.74. The van der Waals surface area contributed by atoms with E-state index in [1.807, 2.05) is 12.1 Å². The van der Waals surface area contributed by atoms with Gasteiger partial charge in [0.15, 0.2) is 11.6 Å². The molecular formula is C55H33N5S. The van der Waals surface area contributed by atoms with Crippen molar-refractivity contribution < 1.29 is 0 Å². The van der Waals surface area contributed by atoms with Crippen LogP contribution < -0.4 is 0 Å². The Morgan fingerprint density at radius 2 is 1.13 bits per heavy atom. The first kappa shape index (κ1) is 34.0. The number of benzene rings is 8. The molecule has 13 rings (SSSR count). The van der Waals surface area contributed by atoms with Gasteiger partial charge >= 0.3 is 0 Å². The summed E-state index contributed by atoms with van der Waals surface area (Å²) in [5, 5.41) is 9.70. The number of nitrogens with zero attached hydrogens (tertiary/aromatic N) is 5. The number of pyridine rings is 1. The Morgan fingerprint density at radius 1 is 0.426 bits per heavy atom. The molecule has 0 unspecified atom stereocenters. The topological polar surface area (TPSA) is 48.5 Å². The van der Waals surface area contributed by atoms with Crippen molar-refractivity contribution in [2.75, 3.05) is 0 Å². The highest BCUT2D eigenvalue weighted by atomic mass is 32.1. The van der Waals surface area contributed by atoms with Crippen LogP contribution in [0.4, 0.5) is 0 Å². The summed E-state index contributed by atoms with van der Waals surface area (Å²) in [6.07, 6.45) is 3.61. The SMILES string of the molecule is c1ccc(-c2cc3nc(-c4ccncc4)nc(-n4c5ccc(-c6cccc7c8c9ccccc9ccc8n(-c8ccccc8)c67)cc5c5ccc6ccccc6c54)c3s2)cc1. The predicted octanol–water partition coefficient (Wildman–Crippen LogP) is 14.6. The Hall–Kier alpha value is -7.93. The normalized spacial score (nSPS) is 11.9. The molecule has 13 aromatic rings. The summed E-state index contributed by atoms with van der Waals surface area (Å²) in [7, 11) is 0. The largest absolute Gasteiger partial charge is 0.309 e. The minimum absolute atomic E-state index is 0.669. The number of aromatic nitrogens is 5. The van der Waals surface area contributed by atoms with Crippen LogP contribution in [0.15, 0.2) is 200 Å². The van der Waals surface area contributed by atoms with E-state index in [4.69, 9.17) is 9.97 Å². The van der Waals surface area contributed by atoms with Gasteiger partial charge in [-0.2, -0.15) is 0 Å². The molecule has 0 aliphatic carbocycles. The fourth-order valence-corrected chi connectivity index (χ4v) is 10.6. The van der Waals surface area contributed by atoms with Crippen molar-refractivity contribution in [3.05, 3.63) is 200 Å². The van der Waals surface area contributed by atoms with Crippen molar-refractivity contribution in [2.24, 2.45) is 0 Å². The van der Waals surface area contributed by atoms with Gasteiger partial charge in [-0.3, -0.25) is 9.55 Å². The average Bonchev–Trinajstić information content (AvgIpc) is 4.03. The molecule has 0 spiro atoms. The lowest BCUT2D eigenvalue weighted by atomic mass is 9.98. The highest BCUT2D eigenvalue weighted by molar-refractivity contribution is 7.22. The van der Waals surface area contributed by atoms with Crippen molar-refractivity contribution in [3.63, 3.8) is 0 Å². The molecule has 8 aromatic carbocycles. The van der Waals surface area contributed by atoms with Gasteiger partial charge in [0.25, 0.3) is 0 Å². The molecule has 5 nitrogen and oxygen atoms in total. The quantitative estimate of drug-likeness (QED) is 0.174. The molecule has 0 fully saturated rings. The van der Waals surface area contributed by atoms with Crippen LogP contribution in [0, 0.1) is 0 Å². The molecule has 0 saturated heterocycles. The third kappa shape index (κ3) is 5.16.